The van der Waals surface area contributed by atoms with Crippen molar-refractivity contribution in [2.45, 2.75) is 6.92 Å². The number of hydrogen-bond donors (Lipinski definition) is 1. The molecule has 4 heteroatoms. The number of carbonyl (C=O) groups excluding carboxylic acids is 1. The van der Waals surface area contributed by atoms with E-state index in [9.17, 15) is 9.90 Å². The van der Waals surface area contributed by atoms with Crippen LogP contribution in [0.4, 0.5) is 0 Å². The summed E-state index contributed by atoms with van der Waals surface area (Å²) in [6.45, 7) is 2.02. The van der Waals surface area contributed by atoms with Crippen molar-refractivity contribution in [1.82, 2.24) is 0 Å². The number of halogens is 1. The van der Waals surface area contributed by atoms with E-state index in [0.29, 0.717) is 5.39 Å². The highest BCUT2D eigenvalue weighted by Gasteiger charge is 2.14. The monoisotopic (exact) mass is 294 g/mol. The Kier molecular flexibility index (Phi) is 3.33. The number of rotatable bonds is 2. The first-order chi connectivity index (χ1) is 8.13. The number of aromatic hydroxyl groups is 1. The van der Waals surface area contributed by atoms with Crippen LogP contribution in [0, 0.1) is 0 Å². The summed E-state index contributed by atoms with van der Waals surface area (Å²) in [5.74, 6) is -0.539. The van der Waals surface area contributed by atoms with Crippen LogP contribution in [0.3, 0.4) is 0 Å². The number of carbonyl (C=O) groups is 1. The van der Waals surface area contributed by atoms with Crippen LogP contribution in [0.1, 0.15) is 17.3 Å². The molecule has 0 fully saturated rings. The Morgan fingerprint density at radius 3 is 2.82 bits per heavy atom. The summed E-state index contributed by atoms with van der Waals surface area (Å²) in [5, 5.41) is 11.5. The largest absolute Gasteiger partial charge is 0.506 e. The van der Waals surface area contributed by atoms with Gasteiger partial charge in [0.05, 0.1) is 6.61 Å². The van der Waals surface area contributed by atoms with Gasteiger partial charge < -0.3 is 9.84 Å². The Labute approximate surface area is 107 Å². The molecule has 2 aromatic carbocycles. The van der Waals surface area contributed by atoms with Crippen LogP contribution >= 0.6 is 15.9 Å². The van der Waals surface area contributed by atoms with Crippen LogP contribution in [0.15, 0.2) is 34.8 Å². The number of phenolic OH excluding ortho intramolecular Hbond substituents is 1. The number of fused-ring (bicyclic) bond motifs is 1. The van der Waals surface area contributed by atoms with Crippen molar-refractivity contribution in [2.24, 2.45) is 0 Å². The van der Waals surface area contributed by atoms with Crippen LogP contribution in [-0.2, 0) is 4.74 Å². The first-order valence-corrected chi connectivity index (χ1v) is 6.01. The van der Waals surface area contributed by atoms with Crippen LogP contribution in [-0.4, -0.2) is 17.7 Å². The van der Waals surface area contributed by atoms with Crippen LogP contribution in [0.2, 0.25) is 0 Å². The predicted molar refractivity (Wildman–Crippen MR) is 69.3 cm³/mol. The van der Waals surface area contributed by atoms with Gasteiger partial charge in [0, 0.05) is 9.86 Å². The van der Waals surface area contributed by atoms with Gasteiger partial charge in [0.25, 0.3) is 0 Å². The normalized spacial score (nSPS) is 10.5. The zero-order valence-corrected chi connectivity index (χ0v) is 10.8. The van der Waals surface area contributed by atoms with Gasteiger partial charge in [-0.2, -0.15) is 0 Å². The van der Waals surface area contributed by atoms with Crippen molar-refractivity contribution < 1.29 is 14.6 Å². The molecule has 0 atom stereocenters. The molecule has 0 amide bonds. The Morgan fingerprint density at radius 1 is 1.35 bits per heavy atom. The third-order valence-electron chi connectivity index (χ3n) is 2.45. The summed E-state index contributed by atoms with van der Waals surface area (Å²) in [6, 6.07) is 8.81. The fraction of sp³-hybridized carbons (Fsp3) is 0.154. The fourth-order valence-corrected chi connectivity index (χ4v) is 2.04. The van der Waals surface area contributed by atoms with Gasteiger partial charge in [-0.1, -0.05) is 22.0 Å². The molecule has 0 aliphatic rings. The smallest absolute Gasteiger partial charge is 0.341 e. The summed E-state index contributed by atoms with van der Waals surface area (Å²) in [7, 11) is 0. The van der Waals surface area contributed by atoms with Crippen molar-refractivity contribution in [3.8, 4) is 5.75 Å². The van der Waals surface area contributed by atoms with E-state index in [2.05, 4.69) is 15.9 Å². The van der Waals surface area contributed by atoms with Gasteiger partial charge in [-0.25, -0.2) is 4.79 Å². The van der Waals surface area contributed by atoms with Crippen molar-refractivity contribution in [3.63, 3.8) is 0 Å². The van der Waals surface area contributed by atoms with Gasteiger partial charge in [0.2, 0.25) is 0 Å². The first-order valence-electron chi connectivity index (χ1n) is 5.22. The van der Waals surface area contributed by atoms with E-state index in [1.165, 1.54) is 0 Å². The van der Waals surface area contributed by atoms with E-state index < -0.39 is 5.97 Å². The molecule has 1 N–H and O–H groups in total. The van der Waals surface area contributed by atoms with E-state index >= 15 is 0 Å². The minimum atomic E-state index is -0.505. The number of esters is 1. The van der Waals surface area contributed by atoms with E-state index in [-0.39, 0.29) is 17.9 Å². The minimum Gasteiger partial charge on any atom is -0.506 e. The van der Waals surface area contributed by atoms with Crippen LogP contribution in [0.5, 0.6) is 5.75 Å². The molecule has 2 aromatic rings. The Bertz CT molecular complexity index is 578. The lowest BCUT2D eigenvalue weighted by atomic mass is 10.1. The highest BCUT2D eigenvalue weighted by atomic mass is 79.9. The van der Waals surface area contributed by atoms with Crippen molar-refractivity contribution in [1.29, 1.82) is 0 Å². The average molecular weight is 295 g/mol. The molecule has 0 aromatic heterocycles. The van der Waals surface area contributed by atoms with E-state index in [1.54, 1.807) is 25.1 Å². The van der Waals surface area contributed by atoms with Gasteiger partial charge in [-0.05, 0) is 36.6 Å². The maximum Gasteiger partial charge on any atom is 0.341 e. The topological polar surface area (TPSA) is 46.5 Å². The molecule has 0 bridgehead atoms. The quantitative estimate of drug-likeness (QED) is 0.863. The third kappa shape index (κ3) is 2.26. The standard InChI is InChI=1S/C13H11BrO3/c1-2-17-13(16)11-5-3-8-7-9(14)4-6-10(8)12(11)15/h3-7,15H,2H2,1H3. The molecule has 17 heavy (non-hydrogen) atoms. The highest BCUT2D eigenvalue weighted by Crippen LogP contribution is 2.30. The SMILES string of the molecule is CCOC(=O)c1ccc2cc(Br)ccc2c1O. The lowest BCUT2D eigenvalue weighted by Gasteiger charge is -2.07. The molecule has 0 heterocycles. The zero-order valence-electron chi connectivity index (χ0n) is 9.24. The van der Waals surface area contributed by atoms with Gasteiger partial charge in [-0.3, -0.25) is 0 Å². The third-order valence-corrected chi connectivity index (χ3v) is 2.94. The lowest BCUT2D eigenvalue weighted by molar-refractivity contribution is 0.0523. The fourth-order valence-electron chi connectivity index (χ4n) is 1.66. The number of benzene rings is 2. The summed E-state index contributed by atoms with van der Waals surface area (Å²) >= 11 is 3.36. The van der Waals surface area contributed by atoms with Gasteiger partial charge >= 0.3 is 5.97 Å². The second-order valence-corrected chi connectivity index (χ2v) is 4.46. The molecule has 0 radical (unpaired) electrons. The molecular formula is C13H11BrO3. The maximum absolute atomic E-state index is 11.6. The molecule has 0 saturated carbocycles. The minimum absolute atomic E-state index is 0.0338. The number of ether oxygens (including phenoxy) is 1. The number of hydrogen-bond acceptors (Lipinski definition) is 3. The molecule has 3 nitrogen and oxygen atoms in total. The van der Waals surface area contributed by atoms with Crippen molar-refractivity contribution >= 4 is 32.7 Å². The maximum atomic E-state index is 11.6. The molecule has 2 rings (SSSR count). The van der Waals surface area contributed by atoms with Gasteiger partial charge in [0.15, 0.2) is 0 Å². The van der Waals surface area contributed by atoms with Crippen LogP contribution in [0.25, 0.3) is 10.8 Å². The summed E-state index contributed by atoms with van der Waals surface area (Å²) in [6.07, 6.45) is 0. The van der Waals surface area contributed by atoms with Gasteiger partial charge in [-0.15, -0.1) is 0 Å². The Balaban J connectivity index is 2.58. The molecule has 0 spiro atoms. The summed E-state index contributed by atoms with van der Waals surface area (Å²) in [5.41, 5.74) is 0.196. The molecule has 0 aliphatic carbocycles. The van der Waals surface area contributed by atoms with Crippen molar-refractivity contribution in [2.75, 3.05) is 6.61 Å². The van der Waals surface area contributed by atoms with Gasteiger partial charge in [0.1, 0.15) is 11.3 Å². The number of phenols is 1. The zero-order chi connectivity index (χ0) is 12.4. The molecular weight excluding hydrogens is 284 g/mol. The van der Waals surface area contributed by atoms with E-state index in [1.807, 2.05) is 12.1 Å². The summed E-state index contributed by atoms with van der Waals surface area (Å²) in [4.78, 5) is 11.6. The second-order valence-electron chi connectivity index (χ2n) is 3.55. The second kappa shape index (κ2) is 4.75. The molecule has 0 aliphatic heterocycles. The highest BCUT2D eigenvalue weighted by molar-refractivity contribution is 9.10. The predicted octanol–water partition coefficient (Wildman–Crippen LogP) is 3.48. The lowest BCUT2D eigenvalue weighted by Crippen LogP contribution is -2.04. The average Bonchev–Trinajstić information content (AvgIpc) is 2.29. The van der Waals surface area contributed by atoms with E-state index in [0.717, 1.165) is 9.86 Å². The van der Waals surface area contributed by atoms with E-state index in [4.69, 9.17) is 4.74 Å². The molecule has 88 valence electrons. The molecule has 0 saturated heterocycles. The van der Waals surface area contributed by atoms with Crippen LogP contribution < -0.4 is 0 Å². The Hall–Kier alpha value is -1.55. The Morgan fingerprint density at radius 2 is 2.12 bits per heavy atom. The van der Waals surface area contributed by atoms with Crippen molar-refractivity contribution in [3.05, 3.63) is 40.4 Å². The molecule has 0 unspecified atom stereocenters. The first kappa shape index (κ1) is 11.9. The summed E-state index contributed by atoms with van der Waals surface area (Å²) < 4.78 is 5.80.